The SMILES string of the molecule is Cc1ccc(CC(=O)OCC(=O)NCCc2ccc(S(N)(=O)=O)cc2)cc1C. The summed E-state index contributed by atoms with van der Waals surface area (Å²) in [6, 6.07) is 11.8. The molecule has 150 valence electrons. The molecule has 3 N–H and O–H groups in total. The molecule has 0 aliphatic carbocycles. The van der Waals surface area contributed by atoms with Gasteiger partial charge >= 0.3 is 5.97 Å². The van der Waals surface area contributed by atoms with Gasteiger partial charge in [-0.1, -0.05) is 30.3 Å². The van der Waals surface area contributed by atoms with Crippen molar-refractivity contribution in [2.24, 2.45) is 5.14 Å². The average molecular weight is 404 g/mol. The van der Waals surface area contributed by atoms with Crippen molar-refractivity contribution < 1.29 is 22.7 Å². The van der Waals surface area contributed by atoms with Gasteiger partial charge in [0.05, 0.1) is 11.3 Å². The largest absolute Gasteiger partial charge is 0.455 e. The lowest BCUT2D eigenvalue weighted by Gasteiger charge is -2.08. The van der Waals surface area contributed by atoms with Crippen LogP contribution in [-0.4, -0.2) is 33.4 Å². The lowest BCUT2D eigenvalue weighted by molar-refractivity contribution is -0.147. The molecule has 0 radical (unpaired) electrons. The van der Waals surface area contributed by atoms with E-state index in [0.717, 1.165) is 22.3 Å². The van der Waals surface area contributed by atoms with E-state index < -0.39 is 21.9 Å². The fourth-order valence-corrected chi connectivity index (χ4v) is 3.04. The number of primary sulfonamides is 1. The van der Waals surface area contributed by atoms with Crippen LogP contribution in [0, 0.1) is 13.8 Å². The Hall–Kier alpha value is -2.71. The van der Waals surface area contributed by atoms with Gasteiger partial charge in [0.25, 0.3) is 5.91 Å². The van der Waals surface area contributed by atoms with Gasteiger partial charge < -0.3 is 10.1 Å². The number of hydrogen-bond donors (Lipinski definition) is 2. The van der Waals surface area contributed by atoms with Crippen LogP contribution >= 0.6 is 0 Å². The molecule has 0 saturated carbocycles. The minimum atomic E-state index is -3.71. The van der Waals surface area contributed by atoms with Crippen molar-refractivity contribution >= 4 is 21.9 Å². The molecule has 0 unspecified atom stereocenters. The van der Waals surface area contributed by atoms with Crippen LogP contribution in [0.5, 0.6) is 0 Å². The highest BCUT2D eigenvalue weighted by Crippen LogP contribution is 2.11. The summed E-state index contributed by atoms with van der Waals surface area (Å²) in [5, 5.41) is 7.69. The average Bonchev–Trinajstić information content (AvgIpc) is 2.63. The van der Waals surface area contributed by atoms with Crippen molar-refractivity contribution in [3.63, 3.8) is 0 Å². The zero-order chi connectivity index (χ0) is 20.7. The van der Waals surface area contributed by atoms with Gasteiger partial charge in [-0.05, 0) is 54.7 Å². The summed E-state index contributed by atoms with van der Waals surface area (Å²) in [6.07, 6.45) is 0.623. The highest BCUT2D eigenvalue weighted by Gasteiger charge is 2.10. The Morgan fingerprint density at radius 3 is 2.25 bits per heavy atom. The molecule has 0 fully saturated rings. The third kappa shape index (κ3) is 6.79. The summed E-state index contributed by atoms with van der Waals surface area (Å²) in [5.74, 6) is -0.855. The van der Waals surface area contributed by atoms with E-state index in [1.807, 2.05) is 32.0 Å². The smallest absolute Gasteiger partial charge is 0.310 e. The van der Waals surface area contributed by atoms with E-state index in [9.17, 15) is 18.0 Å². The van der Waals surface area contributed by atoms with E-state index in [4.69, 9.17) is 9.88 Å². The Morgan fingerprint density at radius 1 is 1.00 bits per heavy atom. The van der Waals surface area contributed by atoms with Crippen LogP contribution < -0.4 is 10.5 Å². The number of nitrogens with one attached hydrogen (secondary N) is 1. The molecule has 0 bridgehead atoms. The van der Waals surface area contributed by atoms with E-state index in [2.05, 4.69) is 5.32 Å². The number of carbonyl (C=O) groups excluding carboxylic acids is 2. The lowest BCUT2D eigenvalue weighted by Crippen LogP contribution is -2.30. The maximum absolute atomic E-state index is 11.9. The molecular formula is C20H24N2O5S. The number of carbonyl (C=O) groups is 2. The third-order valence-electron chi connectivity index (χ3n) is 4.27. The van der Waals surface area contributed by atoms with Gasteiger partial charge in [-0.25, -0.2) is 13.6 Å². The molecule has 0 aliphatic rings. The van der Waals surface area contributed by atoms with E-state index in [1.165, 1.54) is 12.1 Å². The molecule has 7 nitrogen and oxygen atoms in total. The van der Waals surface area contributed by atoms with Crippen LogP contribution in [0.4, 0.5) is 0 Å². The Morgan fingerprint density at radius 2 is 1.64 bits per heavy atom. The first-order valence-electron chi connectivity index (χ1n) is 8.75. The van der Waals surface area contributed by atoms with Gasteiger partial charge in [-0.3, -0.25) is 9.59 Å². The number of esters is 1. The second-order valence-corrected chi connectivity index (χ2v) is 8.11. The maximum Gasteiger partial charge on any atom is 0.310 e. The van der Waals surface area contributed by atoms with Crippen LogP contribution in [0.1, 0.15) is 22.3 Å². The van der Waals surface area contributed by atoms with Crippen LogP contribution in [0.15, 0.2) is 47.4 Å². The molecule has 28 heavy (non-hydrogen) atoms. The predicted molar refractivity (Wildman–Crippen MR) is 105 cm³/mol. The van der Waals surface area contributed by atoms with E-state index in [-0.39, 0.29) is 17.9 Å². The van der Waals surface area contributed by atoms with Crippen molar-refractivity contribution in [2.75, 3.05) is 13.2 Å². The first-order valence-corrected chi connectivity index (χ1v) is 10.3. The Bertz CT molecular complexity index is 953. The molecule has 8 heteroatoms. The van der Waals surface area contributed by atoms with Gasteiger partial charge in [-0.2, -0.15) is 0 Å². The van der Waals surface area contributed by atoms with Crippen molar-refractivity contribution in [2.45, 2.75) is 31.6 Å². The summed E-state index contributed by atoms with van der Waals surface area (Å²) in [7, 11) is -3.71. The van der Waals surface area contributed by atoms with Gasteiger partial charge in [0, 0.05) is 6.54 Å². The summed E-state index contributed by atoms with van der Waals surface area (Å²) in [4.78, 5) is 23.7. The first-order chi connectivity index (χ1) is 13.1. The molecule has 0 heterocycles. The number of hydrogen-bond acceptors (Lipinski definition) is 5. The molecule has 2 aromatic carbocycles. The van der Waals surface area contributed by atoms with Gasteiger partial charge in [0.15, 0.2) is 6.61 Å². The standard InChI is InChI=1S/C20H24N2O5S/c1-14-3-4-17(11-15(14)2)12-20(24)27-13-19(23)22-10-9-16-5-7-18(8-6-16)28(21,25)26/h3-8,11H,9-10,12-13H2,1-2H3,(H,22,23)(H2,21,25,26). The molecule has 0 spiro atoms. The highest BCUT2D eigenvalue weighted by molar-refractivity contribution is 7.89. The molecule has 2 aromatic rings. The molecule has 1 amide bonds. The number of sulfonamides is 1. The van der Waals surface area contributed by atoms with Crippen molar-refractivity contribution in [1.82, 2.24) is 5.32 Å². The van der Waals surface area contributed by atoms with E-state index in [1.54, 1.807) is 12.1 Å². The van der Waals surface area contributed by atoms with Gasteiger partial charge in [0.1, 0.15) is 0 Å². The maximum atomic E-state index is 11.9. The normalized spacial score (nSPS) is 11.1. The Kier molecular flexibility index (Phi) is 7.31. The number of benzene rings is 2. The number of amides is 1. The predicted octanol–water partition coefficient (Wildman–Crippen LogP) is 1.40. The van der Waals surface area contributed by atoms with Crippen LogP contribution in [0.3, 0.4) is 0 Å². The Balaban J connectivity index is 1.70. The topological polar surface area (TPSA) is 116 Å². The molecule has 0 aliphatic heterocycles. The van der Waals surface area contributed by atoms with Crippen LogP contribution in [0.25, 0.3) is 0 Å². The number of aryl methyl sites for hydroxylation is 2. The molecular weight excluding hydrogens is 380 g/mol. The minimum Gasteiger partial charge on any atom is -0.455 e. The van der Waals surface area contributed by atoms with E-state index >= 15 is 0 Å². The van der Waals surface area contributed by atoms with Crippen LogP contribution in [0.2, 0.25) is 0 Å². The second kappa shape index (κ2) is 9.48. The molecule has 2 rings (SSSR count). The summed E-state index contributed by atoms with van der Waals surface area (Å²) >= 11 is 0. The zero-order valence-electron chi connectivity index (χ0n) is 15.9. The van der Waals surface area contributed by atoms with Crippen molar-refractivity contribution in [3.8, 4) is 0 Å². The fourth-order valence-electron chi connectivity index (χ4n) is 2.52. The third-order valence-corrected chi connectivity index (χ3v) is 5.20. The number of nitrogens with two attached hydrogens (primary N) is 1. The van der Waals surface area contributed by atoms with Gasteiger partial charge in [0.2, 0.25) is 10.0 Å². The van der Waals surface area contributed by atoms with Crippen LogP contribution in [-0.2, 0) is 37.2 Å². The van der Waals surface area contributed by atoms with Gasteiger partial charge in [-0.15, -0.1) is 0 Å². The van der Waals surface area contributed by atoms with E-state index in [0.29, 0.717) is 13.0 Å². The lowest BCUT2D eigenvalue weighted by atomic mass is 10.0. The Labute approximate surface area is 164 Å². The monoisotopic (exact) mass is 404 g/mol. The van der Waals surface area contributed by atoms with Crippen molar-refractivity contribution in [1.29, 1.82) is 0 Å². The zero-order valence-corrected chi connectivity index (χ0v) is 16.7. The number of ether oxygens (including phenoxy) is 1. The van der Waals surface area contributed by atoms with Crippen molar-refractivity contribution in [3.05, 3.63) is 64.7 Å². The first kappa shape index (κ1) is 21.6. The summed E-state index contributed by atoms with van der Waals surface area (Å²) < 4.78 is 27.4. The quantitative estimate of drug-likeness (QED) is 0.645. The molecule has 0 saturated heterocycles. The number of rotatable bonds is 8. The molecule has 0 aromatic heterocycles. The molecule has 0 atom stereocenters. The highest BCUT2D eigenvalue weighted by atomic mass is 32.2. The summed E-state index contributed by atoms with van der Waals surface area (Å²) in [6.45, 7) is 3.96. The summed E-state index contributed by atoms with van der Waals surface area (Å²) in [5.41, 5.74) is 3.94. The fraction of sp³-hybridized carbons (Fsp3) is 0.300. The second-order valence-electron chi connectivity index (χ2n) is 6.54. The minimum absolute atomic E-state index is 0.0379.